The van der Waals surface area contributed by atoms with E-state index in [0.717, 1.165) is 19.3 Å². The molecule has 1 aromatic heterocycles. The summed E-state index contributed by atoms with van der Waals surface area (Å²) in [6, 6.07) is 2.29. The highest BCUT2D eigenvalue weighted by Crippen LogP contribution is 2.02. The molecule has 7 heteroatoms. The van der Waals surface area contributed by atoms with Crippen molar-refractivity contribution in [3.05, 3.63) is 34.4 Å². The number of carboxylic acid groups (broad SMARTS) is 1. The molecule has 17 heavy (non-hydrogen) atoms. The number of carbonyl (C=O) groups is 2. The maximum absolute atomic E-state index is 11.4. The molecule has 1 heterocycles. The minimum atomic E-state index is -2.05. The zero-order valence-corrected chi connectivity index (χ0v) is 8.97. The number of nitrogens with one attached hydrogen (secondary N) is 1. The lowest BCUT2D eigenvalue weighted by Crippen LogP contribution is -2.46. The topological polar surface area (TPSA) is 117 Å². The SMILES string of the molecule is CC(O)(CNC(=O)c1ccc(=O)oc1)C(=O)O. The maximum Gasteiger partial charge on any atom is 0.337 e. The van der Waals surface area contributed by atoms with Gasteiger partial charge in [-0.1, -0.05) is 0 Å². The van der Waals surface area contributed by atoms with Crippen LogP contribution >= 0.6 is 0 Å². The molecule has 0 radical (unpaired) electrons. The Hall–Kier alpha value is -2.15. The number of carboxylic acids is 1. The molecule has 0 aliphatic carbocycles. The van der Waals surface area contributed by atoms with Crippen molar-refractivity contribution in [1.29, 1.82) is 0 Å². The van der Waals surface area contributed by atoms with Crippen LogP contribution in [-0.4, -0.2) is 34.2 Å². The van der Waals surface area contributed by atoms with Crippen LogP contribution in [0.4, 0.5) is 0 Å². The first-order valence-corrected chi connectivity index (χ1v) is 4.66. The smallest absolute Gasteiger partial charge is 0.337 e. The number of aliphatic hydroxyl groups is 1. The highest BCUT2D eigenvalue weighted by molar-refractivity contribution is 5.94. The first-order chi connectivity index (χ1) is 7.83. The fourth-order valence-electron chi connectivity index (χ4n) is 0.917. The van der Waals surface area contributed by atoms with Gasteiger partial charge in [0.15, 0.2) is 5.60 Å². The van der Waals surface area contributed by atoms with Gasteiger partial charge in [0.1, 0.15) is 6.26 Å². The Morgan fingerprint density at radius 3 is 2.59 bits per heavy atom. The highest BCUT2D eigenvalue weighted by Gasteiger charge is 2.30. The van der Waals surface area contributed by atoms with E-state index in [-0.39, 0.29) is 5.56 Å². The minimum Gasteiger partial charge on any atom is -0.479 e. The van der Waals surface area contributed by atoms with Gasteiger partial charge in [-0.2, -0.15) is 0 Å². The van der Waals surface area contributed by atoms with Crippen LogP contribution in [0.3, 0.4) is 0 Å². The summed E-state index contributed by atoms with van der Waals surface area (Å²) in [5, 5.41) is 20.2. The molecule has 0 bridgehead atoms. The van der Waals surface area contributed by atoms with E-state index in [4.69, 9.17) is 5.11 Å². The van der Waals surface area contributed by atoms with Crippen LogP contribution in [0, 0.1) is 0 Å². The second-order valence-corrected chi connectivity index (χ2v) is 3.61. The molecule has 0 aromatic carbocycles. The molecule has 0 saturated carbocycles. The molecule has 1 unspecified atom stereocenters. The zero-order valence-electron chi connectivity index (χ0n) is 8.97. The minimum absolute atomic E-state index is 0.0609. The highest BCUT2D eigenvalue weighted by atomic mass is 16.4. The summed E-state index contributed by atoms with van der Waals surface area (Å²) in [7, 11) is 0. The Kier molecular flexibility index (Phi) is 3.64. The molecule has 0 saturated heterocycles. The van der Waals surface area contributed by atoms with Gasteiger partial charge in [0.25, 0.3) is 5.91 Å². The van der Waals surface area contributed by atoms with E-state index in [2.05, 4.69) is 9.73 Å². The monoisotopic (exact) mass is 241 g/mol. The molecule has 0 aliphatic rings. The molecule has 1 amide bonds. The largest absolute Gasteiger partial charge is 0.479 e. The van der Waals surface area contributed by atoms with E-state index in [1.54, 1.807) is 0 Å². The Morgan fingerprint density at radius 1 is 1.47 bits per heavy atom. The van der Waals surface area contributed by atoms with Gasteiger partial charge in [0.05, 0.1) is 12.1 Å². The third kappa shape index (κ3) is 3.42. The van der Waals surface area contributed by atoms with Crippen molar-refractivity contribution in [3.63, 3.8) is 0 Å². The van der Waals surface area contributed by atoms with Gasteiger partial charge in [-0.15, -0.1) is 0 Å². The van der Waals surface area contributed by atoms with E-state index in [1.807, 2.05) is 0 Å². The normalized spacial score (nSPS) is 13.8. The van der Waals surface area contributed by atoms with E-state index < -0.39 is 29.6 Å². The fraction of sp³-hybridized carbons (Fsp3) is 0.300. The Labute approximate surface area is 95.7 Å². The van der Waals surface area contributed by atoms with Crippen LogP contribution < -0.4 is 10.9 Å². The summed E-state index contributed by atoms with van der Waals surface area (Å²) in [6.07, 6.45) is 0.952. The van der Waals surface area contributed by atoms with Gasteiger partial charge in [-0.3, -0.25) is 4.79 Å². The molecule has 3 N–H and O–H groups in total. The Balaban J connectivity index is 2.65. The summed E-state index contributed by atoms with van der Waals surface area (Å²) in [5.74, 6) is -2.09. The molecule has 0 spiro atoms. The summed E-state index contributed by atoms with van der Waals surface area (Å²) in [5.41, 5.74) is -2.59. The van der Waals surface area contributed by atoms with Crippen molar-refractivity contribution in [2.45, 2.75) is 12.5 Å². The fourth-order valence-corrected chi connectivity index (χ4v) is 0.917. The van der Waals surface area contributed by atoms with E-state index >= 15 is 0 Å². The molecule has 1 aromatic rings. The number of rotatable bonds is 4. The Bertz CT molecular complexity index is 469. The maximum atomic E-state index is 11.4. The van der Waals surface area contributed by atoms with Crippen molar-refractivity contribution in [3.8, 4) is 0 Å². The van der Waals surface area contributed by atoms with Crippen LogP contribution in [0.2, 0.25) is 0 Å². The molecular weight excluding hydrogens is 230 g/mol. The van der Waals surface area contributed by atoms with Crippen molar-refractivity contribution >= 4 is 11.9 Å². The average molecular weight is 241 g/mol. The molecule has 7 nitrogen and oxygen atoms in total. The van der Waals surface area contributed by atoms with E-state index in [0.29, 0.717) is 0 Å². The van der Waals surface area contributed by atoms with Crippen molar-refractivity contribution < 1.29 is 24.2 Å². The zero-order chi connectivity index (χ0) is 13.1. The third-order valence-corrected chi connectivity index (χ3v) is 2.02. The van der Waals surface area contributed by atoms with Gasteiger partial charge in [-0.05, 0) is 13.0 Å². The number of hydrogen-bond donors (Lipinski definition) is 3. The predicted octanol–water partition coefficient (Wildman–Crippen LogP) is -0.795. The first kappa shape index (κ1) is 12.9. The van der Waals surface area contributed by atoms with E-state index in [9.17, 15) is 19.5 Å². The van der Waals surface area contributed by atoms with Crippen molar-refractivity contribution in [2.75, 3.05) is 6.54 Å². The van der Waals surface area contributed by atoms with Crippen LogP contribution in [0.1, 0.15) is 17.3 Å². The summed E-state index contributed by atoms with van der Waals surface area (Å²) < 4.78 is 4.46. The lowest BCUT2D eigenvalue weighted by Gasteiger charge is -2.17. The van der Waals surface area contributed by atoms with Gasteiger partial charge < -0.3 is 19.9 Å². The Morgan fingerprint density at radius 2 is 2.12 bits per heavy atom. The predicted molar refractivity (Wildman–Crippen MR) is 55.6 cm³/mol. The summed E-state index contributed by atoms with van der Waals surface area (Å²) in [4.78, 5) is 32.6. The first-order valence-electron chi connectivity index (χ1n) is 4.66. The van der Waals surface area contributed by atoms with E-state index in [1.165, 1.54) is 6.07 Å². The molecular formula is C10H11NO6. The van der Waals surface area contributed by atoms with Gasteiger partial charge in [-0.25, -0.2) is 9.59 Å². The molecule has 0 fully saturated rings. The van der Waals surface area contributed by atoms with Crippen LogP contribution in [0.15, 0.2) is 27.6 Å². The second kappa shape index (κ2) is 4.79. The molecule has 0 aliphatic heterocycles. The van der Waals surface area contributed by atoms with Crippen molar-refractivity contribution in [2.24, 2.45) is 0 Å². The van der Waals surface area contributed by atoms with Gasteiger partial charge in [0.2, 0.25) is 0 Å². The quantitative estimate of drug-likeness (QED) is 0.635. The second-order valence-electron chi connectivity index (χ2n) is 3.61. The van der Waals surface area contributed by atoms with Crippen LogP contribution in [0.25, 0.3) is 0 Å². The van der Waals surface area contributed by atoms with Crippen LogP contribution in [0.5, 0.6) is 0 Å². The number of amides is 1. The van der Waals surface area contributed by atoms with Gasteiger partial charge in [0, 0.05) is 6.07 Å². The third-order valence-electron chi connectivity index (χ3n) is 2.02. The number of hydrogen-bond acceptors (Lipinski definition) is 5. The van der Waals surface area contributed by atoms with Crippen molar-refractivity contribution in [1.82, 2.24) is 5.32 Å². The number of aliphatic carboxylic acids is 1. The van der Waals surface area contributed by atoms with Gasteiger partial charge >= 0.3 is 11.6 Å². The number of carbonyl (C=O) groups excluding carboxylic acids is 1. The van der Waals surface area contributed by atoms with Crippen LogP contribution in [-0.2, 0) is 4.79 Å². The summed E-state index contributed by atoms with van der Waals surface area (Å²) in [6.45, 7) is 0.598. The summed E-state index contributed by atoms with van der Waals surface area (Å²) >= 11 is 0. The molecule has 92 valence electrons. The molecule has 1 atom stereocenters. The standard InChI is InChI=1S/C10H11NO6/c1-10(16,9(14)15)5-11-8(13)6-2-3-7(12)17-4-6/h2-4,16H,5H2,1H3,(H,11,13)(H,14,15). The lowest BCUT2D eigenvalue weighted by molar-refractivity contribution is -0.155. The molecule has 1 rings (SSSR count). The lowest BCUT2D eigenvalue weighted by atomic mass is 10.1. The average Bonchev–Trinajstić information content (AvgIpc) is 2.27.